The molecule has 3 nitrogen and oxygen atoms in total. The van der Waals surface area contributed by atoms with E-state index in [0.29, 0.717) is 24.5 Å². The first-order valence-electron chi connectivity index (χ1n) is 7.99. The summed E-state index contributed by atoms with van der Waals surface area (Å²) in [5.74, 6) is 0.510. The molecular weight excluding hydrogens is 281 g/mol. The molecule has 0 amide bonds. The smallest absolute Gasteiger partial charge is 0.371 e. The molecule has 6 heteroatoms. The number of halogens is 3. The van der Waals surface area contributed by atoms with Crippen LogP contribution in [0.1, 0.15) is 33.1 Å². The number of rotatable bonds is 5. The average Bonchev–Trinajstić information content (AvgIpc) is 2.41. The van der Waals surface area contributed by atoms with Crippen molar-refractivity contribution in [2.75, 3.05) is 39.4 Å². The summed E-state index contributed by atoms with van der Waals surface area (Å²) in [4.78, 5) is 4.91. The molecular formula is C15H27F3N2O. The van der Waals surface area contributed by atoms with Crippen LogP contribution in [0.15, 0.2) is 0 Å². The molecule has 2 aliphatic heterocycles. The Hall–Kier alpha value is -0.330. The molecule has 0 N–H and O–H groups in total. The topological polar surface area (TPSA) is 15.7 Å². The van der Waals surface area contributed by atoms with Crippen molar-refractivity contribution in [2.45, 2.75) is 51.4 Å². The average molecular weight is 308 g/mol. The highest BCUT2D eigenvalue weighted by Crippen LogP contribution is 2.26. The molecule has 2 fully saturated rings. The van der Waals surface area contributed by atoms with E-state index in [2.05, 4.69) is 23.6 Å². The fraction of sp³-hybridized carbons (Fsp3) is 1.00. The van der Waals surface area contributed by atoms with Gasteiger partial charge in [-0.15, -0.1) is 0 Å². The summed E-state index contributed by atoms with van der Waals surface area (Å²) in [7, 11) is 0. The summed E-state index contributed by atoms with van der Waals surface area (Å²) in [6, 6.07) is 1.00. The van der Waals surface area contributed by atoms with Gasteiger partial charge in [0.15, 0.2) is 0 Å². The van der Waals surface area contributed by atoms with E-state index in [1.54, 1.807) is 0 Å². The molecule has 0 bridgehead atoms. The first kappa shape index (κ1) is 17.0. The Kier molecular flexibility index (Phi) is 5.91. The quantitative estimate of drug-likeness (QED) is 0.726. The van der Waals surface area contributed by atoms with E-state index >= 15 is 0 Å². The van der Waals surface area contributed by atoms with Gasteiger partial charge in [-0.1, -0.05) is 20.3 Å². The van der Waals surface area contributed by atoms with Gasteiger partial charge < -0.3 is 4.74 Å². The number of hydrogen-bond donors (Lipinski definition) is 0. The SMILES string of the molecule is CC(C)C1CN2CCCCC2CN1CCOCC(F)(F)F. The Morgan fingerprint density at radius 1 is 1.19 bits per heavy atom. The lowest BCUT2D eigenvalue weighted by Crippen LogP contribution is -2.61. The zero-order chi connectivity index (χ0) is 15.5. The molecule has 0 aliphatic carbocycles. The highest BCUT2D eigenvalue weighted by molar-refractivity contribution is 4.91. The lowest BCUT2D eigenvalue weighted by Gasteiger charge is -2.49. The van der Waals surface area contributed by atoms with Gasteiger partial charge in [-0.05, 0) is 25.3 Å². The molecule has 0 spiro atoms. The maximum absolute atomic E-state index is 12.1. The fourth-order valence-electron chi connectivity index (χ4n) is 3.53. The highest BCUT2D eigenvalue weighted by Gasteiger charge is 2.36. The first-order valence-corrected chi connectivity index (χ1v) is 7.99. The third-order valence-electron chi connectivity index (χ3n) is 4.64. The third kappa shape index (κ3) is 5.11. The van der Waals surface area contributed by atoms with Gasteiger partial charge in [-0.2, -0.15) is 13.2 Å². The van der Waals surface area contributed by atoms with Gasteiger partial charge in [0.25, 0.3) is 0 Å². The maximum Gasteiger partial charge on any atom is 0.411 e. The molecule has 2 rings (SSSR count). The van der Waals surface area contributed by atoms with E-state index in [-0.39, 0.29) is 6.61 Å². The number of alkyl halides is 3. The number of ether oxygens (including phenoxy) is 1. The first-order chi connectivity index (χ1) is 9.87. The van der Waals surface area contributed by atoms with Crippen molar-refractivity contribution in [3.63, 3.8) is 0 Å². The van der Waals surface area contributed by atoms with Crippen molar-refractivity contribution in [2.24, 2.45) is 5.92 Å². The van der Waals surface area contributed by atoms with Gasteiger partial charge >= 0.3 is 6.18 Å². The van der Waals surface area contributed by atoms with Crippen LogP contribution in [0.4, 0.5) is 13.2 Å². The molecule has 2 atom stereocenters. The Bertz CT molecular complexity index is 323. The van der Waals surface area contributed by atoms with Crippen LogP contribution in [0.25, 0.3) is 0 Å². The predicted octanol–water partition coefficient (Wildman–Crippen LogP) is 2.76. The van der Waals surface area contributed by atoms with Crippen molar-refractivity contribution >= 4 is 0 Å². The Morgan fingerprint density at radius 2 is 1.95 bits per heavy atom. The van der Waals surface area contributed by atoms with Crippen LogP contribution in [0.2, 0.25) is 0 Å². The summed E-state index contributed by atoms with van der Waals surface area (Å²) >= 11 is 0. The fourth-order valence-corrected chi connectivity index (χ4v) is 3.53. The van der Waals surface area contributed by atoms with Crippen molar-refractivity contribution < 1.29 is 17.9 Å². The molecule has 0 aromatic heterocycles. The standard InChI is InChI=1S/C15H27F3N2O/c1-12(2)14-10-19-6-4-3-5-13(19)9-20(14)7-8-21-11-15(16,17)18/h12-14H,3-11H2,1-2H3. The lowest BCUT2D eigenvalue weighted by molar-refractivity contribution is -0.175. The van der Waals surface area contributed by atoms with Crippen LogP contribution in [0.5, 0.6) is 0 Å². The number of piperidine rings is 1. The summed E-state index contributed by atoms with van der Waals surface area (Å²) in [6.07, 6.45) is -0.466. The van der Waals surface area contributed by atoms with Crippen LogP contribution in [-0.2, 0) is 4.74 Å². The summed E-state index contributed by atoms with van der Waals surface area (Å²) in [6.45, 7) is 7.20. The van der Waals surface area contributed by atoms with Crippen molar-refractivity contribution in [1.82, 2.24) is 9.80 Å². The largest absolute Gasteiger partial charge is 0.411 e. The zero-order valence-corrected chi connectivity index (χ0v) is 13.0. The molecule has 2 aliphatic rings. The van der Waals surface area contributed by atoms with Crippen LogP contribution >= 0.6 is 0 Å². The normalized spacial score (nSPS) is 28.9. The number of hydrogen-bond acceptors (Lipinski definition) is 3. The highest BCUT2D eigenvalue weighted by atomic mass is 19.4. The second-order valence-corrected chi connectivity index (χ2v) is 6.62. The summed E-state index contributed by atoms with van der Waals surface area (Å²) in [5.41, 5.74) is 0. The molecule has 0 aromatic carbocycles. The zero-order valence-electron chi connectivity index (χ0n) is 13.0. The molecule has 2 unspecified atom stereocenters. The van der Waals surface area contributed by atoms with E-state index in [4.69, 9.17) is 4.74 Å². The second-order valence-electron chi connectivity index (χ2n) is 6.62. The van der Waals surface area contributed by atoms with Gasteiger partial charge in [0.05, 0.1) is 6.61 Å². The summed E-state index contributed by atoms with van der Waals surface area (Å²) in [5, 5.41) is 0. The van der Waals surface area contributed by atoms with E-state index in [0.717, 1.165) is 13.1 Å². The van der Waals surface area contributed by atoms with E-state index in [1.165, 1.54) is 25.8 Å². The maximum atomic E-state index is 12.1. The molecule has 21 heavy (non-hydrogen) atoms. The summed E-state index contributed by atoms with van der Waals surface area (Å²) < 4.78 is 41.1. The number of piperazine rings is 1. The predicted molar refractivity (Wildman–Crippen MR) is 76.3 cm³/mol. The van der Waals surface area contributed by atoms with Crippen molar-refractivity contribution in [1.29, 1.82) is 0 Å². The van der Waals surface area contributed by atoms with Gasteiger partial charge in [-0.3, -0.25) is 9.80 Å². The van der Waals surface area contributed by atoms with Gasteiger partial charge in [0.1, 0.15) is 6.61 Å². The minimum atomic E-state index is -4.22. The van der Waals surface area contributed by atoms with Crippen LogP contribution in [-0.4, -0.2) is 67.5 Å². The van der Waals surface area contributed by atoms with E-state index < -0.39 is 12.8 Å². The van der Waals surface area contributed by atoms with Crippen LogP contribution < -0.4 is 0 Å². The van der Waals surface area contributed by atoms with Crippen molar-refractivity contribution in [3.8, 4) is 0 Å². The van der Waals surface area contributed by atoms with Gasteiger partial charge in [0.2, 0.25) is 0 Å². The van der Waals surface area contributed by atoms with Crippen LogP contribution in [0, 0.1) is 5.92 Å². The molecule has 2 heterocycles. The van der Waals surface area contributed by atoms with Crippen LogP contribution in [0.3, 0.4) is 0 Å². The number of nitrogens with zero attached hydrogens (tertiary/aromatic N) is 2. The molecule has 2 saturated heterocycles. The Labute approximate surface area is 125 Å². The van der Waals surface area contributed by atoms with Gasteiger partial charge in [-0.25, -0.2) is 0 Å². The number of fused-ring (bicyclic) bond motifs is 1. The third-order valence-corrected chi connectivity index (χ3v) is 4.64. The molecule has 0 saturated carbocycles. The molecule has 0 aromatic rings. The monoisotopic (exact) mass is 308 g/mol. The lowest BCUT2D eigenvalue weighted by atomic mass is 9.92. The Balaban J connectivity index is 1.83. The molecule has 124 valence electrons. The van der Waals surface area contributed by atoms with Crippen molar-refractivity contribution in [3.05, 3.63) is 0 Å². The Morgan fingerprint density at radius 3 is 2.62 bits per heavy atom. The minimum absolute atomic E-state index is 0.162. The minimum Gasteiger partial charge on any atom is -0.371 e. The van der Waals surface area contributed by atoms with E-state index in [9.17, 15) is 13.2 Å². The second kappa shape index (κ2) is 7.29. The molecule has 0 radical (unpaired) electrons. The van der Waals surface area contributed by atoms with Gasteiger partial charge in [0, 0.05) is 31.7 Å². The van der Waals surface area contributed by atoms with E-state index in [1.807, 2.05) is 0 Å².